The zero-order chi connectivity index (χ0) is 13.9. The molecule has 2 heterocycles. The second-order valence-corrected chi connectivity index (χ2v) is 7.04. The van der Waals surface area contributed by atoms with Crippen LogP contribution < -0.4 is 0 Å². The molecule has 0 aromatic rings. The van der Waals surface area contributed by atoms with Crippen LogP contribution in [0.15, 0.2) is 0 Å². The molecule has 0 bridgehead atoms. The van der Waals surface area contributed by atoms with Crippen molar-refractivity contribution in [3.05, 3.63) is 0 Å². The molecule has 0 spiro atoms. The molecule has 1 unspecified atom stereocenters. The van der Waals surface area contributed by atoms with Gasteiger partial charge in [-0.1, -0.05) is 13.8 Å². The number of likely N-dealkylation sites (tertiary alicyclic amines) is 1. The predicted molar refractivity (Wildman–Crippen MR) is 74.2 cm³/mol. The van der Waals surface area contributed by atoms with E-state index in [0.29, 0.717) is 25.2 Å². The minimum Gasteiger partial charge on any atom is -0.481 e. The van der Waals surface area contributed by atoms with Crippen LogP contribution >= 0.6 is 0 Å². The molecule has 2 aliphatic heterocycles. The van der Waals surface area contributed by atoms with Gasteiger partial charge in [-0.25, -0.2) is 0 Å². The number of carboxylic acid groups (broad SMARTS) is 1. The highest BCUT2D eigenvalue weighted by Crippen LogP contribution is 2.34. The minimum atomic E-state index is -0.685. The summed E-state index contributed by atoms with van der Waals surface area (Å²) in [5.41, 5.74) is -0.277. The lowest BCUT2D eigenvalue weighted by Crippen LogP contribution is -2.48. The molecule has 0 saturated carbocycles. The van der Waals surface area contributed by atoms with E-state index in [0.717, 1.165) is 32.4 Å². The lowest BCUT2D eigenvalue weighted by molar-refractivity contribution is -0.159. The van der Waals surface area contributed by atoms with Crippen LogP contribution in [-0.4, -0.2) is 48.8 Å². The second-order valence-electron chi connectivity index (χ2n) is 7.04. The fourth-order valence-corrected chi connectivity index (χ4v) is 3.28. The highest BCUT2D eigenvalue weighted by Gasteiger charge is 2.42. The molecule has 0 aromatic heterocycles. The Kier molecular flexibility index (Phi) is 4.51. The molecule has 2 aliphatic rings. The summed E-state index contributed by atoms with van der Waals surface area (Å²) in [6.45, 7) is 8.41. The molecular weight excluding hydrogens is 242 g/mol. The van der Waals surface area contributed by atoms with E-state index in [1.165, 1.54) is 12.8 Å². The number of hydrogen-bond acceptors (Lipinski definition) is 3. The summed E-state index contributed by atoms with van der Waals surface area (Å²) in [7, 11) is 0. The highest BCUT2D eigenvalue weighted by atomic mass is 16.5. The van der Waals surface area contributed by atoms with Gasteiger partial charge < -0.3 is 14.7 Å². The van der Waals surface area contributed by atoms with Gasteiger partial charge >= 0.3 is 5.97 Å². The van der Waals surface area contributed by atoms with Crippen molar-refractivity contribution in [2.75, 3.05) is 32.8 Å². The zero-order valence-corrected chi connectivity index (χ0v) is 12.3. The third-order valence-electron chi connectivity index (χ3n) is 4.74. The number of aliphatic carboxylic acids is 1. The van der Waals surface area contributed by atoms with E-state index >= 15 is 0 Å². The number of carboxylic acids is 1. The lowest BCUT2D eigenvalue weighted by Gasteiger charge is -2.37. The average molecular weight is 269 g/mol. The predicted octanol–water partition coefficient (Wildman–Crippen LogP) is 2.38. The molecule has 110 valence electrons. The van der Waals surface area contributed by atoms with Gasteiger partial charge in [0.15, 0.2) is 0 Å². The summed E-state index contributed by atoms with van der Waals surface area (Å²) in [6, 6.07) is 0. The molecule has 19 heavy (non-hydrogen) atoms. The first-order valence-electron chi connectivity index (χ1n) is 7.47. The van der Waals surface area contributed by atoms with Crippen LogP contribution in [0.1, 0.15) is 46.0 Å². The molecule has 2 fully saturated rings. The van der Waals surface area contributed by atoms with E-state index in [9.17, 15) is 9.90 Å². The summed E-state index contributed by atoms with van der Waals surface area (Å²) in [5, 5.41) is 9.59. The summed E-state index contributed by atoms with van der Waals surface area (Å²) in [5.74, 6) is -0.685. The van der Waals surface area contributed by atoms with E-state index < -0.39 is 11.4 Å². The zero-order valence-electron chi connectivity index (χ0n) is 12.3. The van der Waals surface area contributed by atoms with Crippen molar-refractivity contribution in [1.29, 1.82) is 0 Å². The molecule has 2 saturated heterocycles. The van der Waals surface area contributed by atoms with Gasteiger partial charge in [0.1, 0.15) is 5.41 Å². The van der Waals surface area contributed by atoms with Gasteiger partial charge in [0.25, 0.3) is 0 Å². The van der Waals surface area contributed by atoms with Crippen molar-refractivity contribution >= 4 is 5.97 Å². The van der Waals surface area contributed by atoms with E-state index in [-0.39, 0.29) is 0 Å². The maximum Gasteiger partial charge on any atom is 0.313 e. The fourth-order valence-electron chi connectivity index (χ4n) is 3.28. The number of hydrogen-bond donors (Lipinski definition) is 1. The van der Waals surface area contributed by atoms with Crippen LogP contribution in [0.5, 0.6) is 0 Å². The molecule has 1 N–H and O–H groups in total. The number of carbonyl (C=O) groups is 1. The van der Waals surface area contributed by atoms with E-state index in [4.69, 9.17) is 4.74 Å². The summed E-state index contributed by atoms with van der Waals surface area (Å²) in [6.07, 6.45) is 5.18. The molecule has 0 amide bonds. The van der Waals surface area contributed by atoms with Crippen molar-refractivity contribution < 1.29 is 14.6 Å². The molecule has 0 radical (unpaired) electrons. The summed E-state index contributed by atoms with van der Waals surface area (Å²) in [4.78, 5) is 14.0. The van der Waals surface area contributed by atoms with Crippen LogP contribution in [0.25, 0.3) is 0 Å². The molecule has 1 atom stereocenters. The third kappa shape index (κ3) is 3.69. The van der Waals surface area contributed by atoms with E-state index in [2.05, 4.69) is 18.7 Å². The fraction of sp³-hybridized carbons (Fsp3) is 0.933. The first kappa shape index (κ1) is 14.8. The molecule has 4 nitrogen and oxygen atoms in total. The lowest BCUT2D eigenvalue weighted by atomic mass is 9.82. The van der Waals surface area contributed by atoms with Crippen LogP contribution in [0.3, 0.4) is 0 Å². The largest absolute Gasteiger partial charge is 0.481 e. The van der Waals surface area contributed by atoms with Crippen molar-refractivity contribution in [1.82, 2.24) is 4.90 Å². The molecule has 2 rings (SSSR count). The smallest absolute Gasteiger partial charge is 0.313 e. The first-order valence-corrected chi connectivity index (χ1v) is 7.47. The molecule has 0 aliphatic carbocycles. The van der Waals surface area contributed by atoms with Gasteiger partial charge in [-0.2, -0.15) is 0 Å². The highest BCUT2D eigenvalue weighted by molar-refractivity contribution is 5.75. The molecule has 0 aromatic carbocycles. The van der Waals surface area contributed by atoms with E-state index in [1.54, 1.807) is 0 Å². The Morgan fingerprint density at radius 1 is 1.21 bits per heavy atom. The first-order chi connectivity index (χ1) is 8.94. The Hall–Kier alpha value is -0.610. The number of ether oxygens (including phenoxy) is 1. The quantitative estimate of drug-likeness (QED) is 0.854. The third-order valence-corrected chi connectivity index (χ3v) is 4.74. The SMILES string of the molecule is CC1(C)CCCN(CC2(C(=O)O)CCCOC2)CC1. The minimum absolute atomic E-state index is 0.377. The van der Waals surface area contributed by atoms with Gasteiger partial charge in [-0.3, -0.25) is 4.79 Å². The van der Waals surface area contributed by atoms with Gasteiger partial charge in [-0.15, -0.1) is 0 Å². The number of rotatable bonds is 3. The Morgan fingerprint density at radius 3 is 2.63 bits per heavy atom. The van der Waals surface area contributed by atoms with E-state index in [1.807, 2.05) is 0 Å². The van der Waals surface area contributed by atoms with Crippen molar-refractivity contribution in [2.24, 2.45) is 10.8 Å². The van der Waals surface area contributed by atoms with Crippen LogP contribution in [0, 0.1) is 10.8 Å². The van der Waals surface area contributed by atoms with Crippen LogP contribution in [-0.2, 0) is 9.53 Å². The normalized spacial score (nSPS) is 32.7. The Labute approximate surface area is 116 Å². The maximum atomic E-state index is 11.7. The maximum absolute atomic E-state index is 11.7. The van der Waals surface area contributed by atoms with Crippen LogP contribution in [0.2, 0.25) is 0 Å². The average Bonchev–Trinajstić information content (AvgIpc) is 2.52. The van der Waals surface area contributed by atoms with Crippen molar-refractivity contribution in [2.45, 2.75) is 46.0 Å². The summed E-state index contributed by atoms with van der Waals surface area (Å²) < 4.78 is 5.45. The van der Waals surface area contributed by atoms with Crippen molar-refractivity contribution in [3.8, 4) is 0 Å². The monoisotopic (exact) mass is 269 g/mol. The number of nitrogens with zero attached hydrogens (tertiary/aromatic N) is 1. The Balaban J connectivity index is 1.99. The Morgan fingerprint density at radius 2 is 2.00 bits per heavy atom. The van der Waals surface area contributed by atoms with Gasteiger partial charge in [0.2, 0.25) is 0 Å². The van der Waals surface area contributed by atoms with Crippen molar-refractivity contribution in [3.63, 3.8) is 0 Å². The standard InChI is InChI=1S/C15H27NO3/c1-14(2)5-3-8-16(9-7-14)11-15(13(17)18)6-4-10-19-12-15/h3-12H2,1-2H3,(H,17,18). The Bertz CT molecular complexity index is 321. The molecule has 4 heteroatoms. The van der Waals surface area contributed by atoms with Gasteiger partial charge in [0.05, 0.1) is 6.61 Å². The van der Waals surface area contributed by atoms with Crippen LogP contribution in [0.4, 0.5) is 0 Å². The summed E-state index contributed by atoms with van der Waals surface area (Å²) >= 11 is 0. The van der Waals surface area contributed by atoms with Gasteiger partial charge in [0, 0.05) is 13.2 Å². The van der Waals surface area contributed by atoms with Gasteiger partial charge in [-0.05, 0) is 50.6 Å². The topological polar surface area (TPSA) is 49.8 Å². The molecular formula is C15H27NO3. The second kappa shape index (κ2) is 5.80.